The molecular formula is C13H18BrNO. The van der Waals surface area contributed by atoms with Crippen molar-refractivity contribution < 1.29 is 4.79 Å². The molecule has 0 saturated carbocycles. The summed E-state index contributed by atoms with van der Waals surface area (Å²) in [6.45, 7) is 6.98. The highest BCUT2D eigenvalue weighted by atomic mass is 79.9. The number of hydrogen-bond donors (Lipinski definition) is 0. The Kier molecular flexibility index (Phi) is 5.00. The van der Waals surface area contributed by atoms with E-state index in [0.717, 1.165) is 23.0 Å². The molecule has 0 aromatic heterocycles. The van der Waals surface area contributed by atoms with Gasteiger partial charge in [0.15, 0.2) is 0 Å². The molecule has 0 N–H and O–H groups in total. The van der Waals surface area contributed by atoms with Gasteiger partial charge in [0, 0.05) is 17.1 Å². The molecule has 88 valence electrons. The lowest BCUT2D eigenvalue weighted by atomic mass is 10.1. The summed E-state index contributed by atoms with van der Waals surface area (Å²) in [5, 5.41) is 0. The van der Waals surface area contributed by atoms with E-state index in [1.165, 1.54) is 0 Å². The van der Waals surface area contributed by atoms with Gasteiger partial charge in [0.05, 0.1) is 5.56 Å². The highest BCUT2D eigenvalue weighted by Crippen LogP contribution is 2.19. The van der Waals surface area contributed by atoms with Gasteiger partial charge in [-0.3, -0.25) is 4.79 Å². The molecule has 0 fully saturated rings. The molecule has 0 aliphatic heterocycles. The normalized spacial score (nSPS) is 10.6. The Hall–Kier alpha value is -0.830. The Morgan fingerprint density at radius 3 is 2.50 bits per heavy atom. The highest BCUT2D eigenvalue weighted by Gasteiger charge is 2.19. The molecule has 0 unspecified atom stereocenters. The quantitative estimate of drug-likeness (QED) is 0.825. The summed E-state index contributed by atoms with van der Waals surface area (Å²) in [6.07, 6.45) is 0.981. The summed E-state index contributed by atoms with van der Waals surface area (Å²) in [6, 6.07) is 7.80. The van der Waals surface area contributed by atoms with Gasteiger partial charge in [-0.25, -0.2) is 0 Å². The molecule has 1 rings (SSSR count). The molecule has 1 aromatic carbocycles. The summed E-state index contributed by atoms with van der Waals surface area (Å²) in [7, 11) is 0. The first-order valence-corrected chi connectivity index (χ1v) is 6.42. The summed E-state index contributed by atoms with van der Waals surface area (Å²) >= 11 is 3.42. The highest BCUT2D eigenvalue weighted by molar-refractivity contribution is 9.10. The van der Waals surface area contributed by atoms with Gasteiger partial charge in [-0.05, 0) is 48.3 Å². The first-order valence-electron chi connectivity index (χ1n) is 5.63. The van der Waals surface area contributed by atoms with Gasteiger partial charge in [0.1, 0.15) is 0 Å². The van der Waals surface area contributed by atoms with Gasteiger partial charge >= 0.3 is 0 Å². The maximum absolute atomic E-state index is 12.3. The van der Waals surface area contributed by atoms with Crippen LogP contribution in [0.1, 0.15) is 37.6 Å². The Bertz CT molecular complexity index is 363. The molecule has 0 aliphatic rings. The van der Waals surface area contributed by atoms with Crippen molar-refractivity contribution in [3.63, 3.8) is 0 Å². The zero-order chi connectivity index (χ0) is 12.1. The van der Waals surface area contributed by atoms with Gasteiger partial charge < -0.3 is 4.90 Å². The topological polar surface area (TPSA) is 20.3 Å². The molecule has 0 atom stereocenters. The Morgan fingerprint density at radius 1 is 1.38 bits per heavy atom. The Labute approximate surface area is 106 Å². The fourth-order valence-corrected chi connectivity index (χ4v) is 2.08. The Morgan fingerprint density at radius 2 is 2.00 bits per heavy atom. The third kappa shape index (κ3) is 3.08. The monoisotopic (exact) mass is 283 g/mol. The second-order valence-electron chi connectivity index (χ2n) is 4.07. The maximum atomic E-state index is 12.3. The fourth-order valence-electron chi connectivity index (χ4n) is 1.62. The number of hydrogen-bond acceptors (Lipinski definition) is 1. The molecule has 16 heavy (non-hydrogen) atoms. The predicted octanol–water partition coefficient (Wildman–Crippen LogP) is 3.71. The zero-order valence-corrected chi connectivity index (χ0v) is 11.6. The third-order valence-electron chi connectivity index (χ3n) is 2.45. The van der Waals surface area contributed by atoms with Crippen LogP contribution in [0.15, 0.2) is 28.7 Å². The summed E-state index contributed by atoms with van der Waals surface area (Å²) < 4.78 is 0.863. The van der Waals surface area contributed by atoms with Gasteiger partial charge in [-0.1, -0.05) is 19.1 Å². The molecule has 0 spiro atoms. The van der Waals surface area contributed by atoms with Crippen molar-refractivity contribution in [1.82, 2.24) is 4.90 Å². The second kappa shape index (κ2) is 6.04. The van der Waals surface area contributed by atoms with Gasteiger partial charge in [-0.2, -0.15) is 0 Å². The van der Waals surface area contributed by atoms with Gasteiger partial charge in [-0.15, -0.1) is 0 Å². The largest absolute Gasteiger partial charge is 0.336 e. The van der Waals surface area contributed by atoms with E-state index in [9.17, 15) is 4.79 Å². The minimum Gasteiger partial charge on any atom is -0.336 e. The van der Waals surface area contributed by atoms with Crippen LogP contribution in [-0.4, -0.2) is 23.4 Å². The number of carbonyl (C=O) groups excluding carboxylic acids is 1. The van der Waals surface area contributed by atoms with E-state index in [1.54, 1.807) is 0 Å². The lowest BCUT2D eigenvalue weighted by Gasteiger charge is -2.26. The van der Waals surface area contributed by atoms with Crippen LogP contribution >= 0.6 is 15.9 Å². The van der Waals surface area contributed by atoms with Crippen molar-refractivity contribution in [2.24, 2.45) is 0 Å². The molecule has 0 saturated heterocycles. The van der Waals surface area contributed by atoms with E-state index < -0.39 is 0 Å². The number of benzene rings is 1. The number of nitrogens with zero attached hydrogens (tertiary/aromatic N) is 1. The number of carbonyl (C=O) groups is 1. The summed E-state index contributed by atoms with van der Waals surface area (Å²) in [4.78, 5) is 14.2. The van der Waals surface area contributed by atoms with Crippen LogP contribution in [0.25, 0.3) is 0 Å². The smallest absolute Gasteiger partial charge is 0.255 e. The molecule has 2 nitrogen and oxygen atoms in total. The van der Waals surface area contributed by atoms with Crippen molar-refractivity contribution in [2.75, 3.05) is 6.54 Å². The van der Waals surface area contributed by atoms with E-state index in [-0.39, 0.29) is 11.9 Å². The molecule has 3 heteroatoms. The lowest BCUT2D eigenvalue weighted by Crippen LogP contribution is -2.37. The first kappa shape index (κ1) is 13.2. The van der Waals surface area contributed by atoms with E-state index in [0.29, 0.717) is 0 Å². The van der Waals surface area contributed by atoms with Gasteiger partial charge in [0.25, 0.3) is 5.91 Å². The van der Waals surface area contributed by atoms with Crippen LogP contribution in [0, 0.1) is 0 Å². The predicted molar refractivity (Wildman–Crippen MR) is 70.6 cm³/mol. The lowest BCUT2D eigenvalue weighted by molar-refractivity contribution is 0.0705. The molecule has 0 radical (unpaired) electrons. The number of rotatable bonds is 4. The fraction of sp³-hybridized carbons (Fsp3) is 0.462. The van der Waals surface area contributed by atoms with Crippen molar-refractivity contribution in [2.45, 2.75) is 33.2 Å². The molecular weight excluding hydrogens is 266 g/mol. The SMILES string of the molecule is CCCN(C(=O)c1ccccc1Br)C(C)C. The van der Waals surface area contributed by atoms with E-state index >= 15 is 0 Å². The van der Waals surface area contributed by atoms with Crippen molar-refractivity contribution in [3.05, 3.63) is 34.3 Å². The molecule has 0 bridgehead atoms. The van der Waals surface area contributed by atoms with Crippen molar-refractivity contribution in [1.29, 1.82) is 0 Å². The molecule has 0 aliphatic carbocycles. The van der Waals surface area contributed by atoms with Crippen LogP contribution in [0.5, 0.6) is 0 Å². The summed E-state index contributed by atoms with van der Waals surface area (Å²) in [5.41, 5.74) is 0.740. The maximum Gasteiger partial charge on any atom is 0.255 e. The second-order valence-corrected chi connectivity index (χ2v) is 4.93. The van der Waals surface area contributed by atoms with Crippen LogP contribution in [0.4, 0.5) is 0 Å². The number of halogens is 1. The van der Waals surface area contributed by atoms with Crippen LogP contribution in [-0.2, 0) is 0 Å². The molecule has 1 amide bonds. The standard InChI is InChI=1S/C13H18BrNO/c1-4-9-15(10(2)3)13(16)11-7-5-6-8-12(11)14/h5-8,10H,4,9H2,1-3H3. The van der Waals surface area contributed by atoms with Crippen LogP contribution < -0.4 is 0 Å². The number of amides is 1. The van der Waals surface area contributed by atoms with Crippen molar-refractivity contribution >= 4 is 21.8 Å². The van der Waals surface area contributed by atoms with E-state index in [1.807, 2.05) is 43.0 Å². The molecule has 1 aromatic rings. The van der Waals surface area contributed by atoms with E-state index in [2.05, 4.69) is 22.9 Å². The Balaban J connectivity index is 2.95. The third-order valence-corrected chi connectivity index (χ3v) is 3.14. The van der Waals surface area contributed by atoms with Crippen LogP contribution in [0.3, 0.4) is 0 Å². The average molecular weight is 284 g/mol. The van der Waals surface area contributed by atoms with Gasteiger partial charge in [0.2, 0.25) is 0 Å². The zero-order valence-electron chi connectivity index (χ0n) is 10.0. The minimum atomic E-state index is 0.101. The summed E-state index contributed by atoms with van der Waals surface area (Å²) in [5.74, 6) is 0.101. The van der Waals surface area contributed by atoms with Crippen LogP contribution in [0.2, 0.25) is 0 Å². The average Bonchev–Trinajstić information content (AvgIpc) is 2.25. The van der Waals surface area contributed by atoms with Crippen molar-refractivity contribution in [3.8, 4) is 0 Å². The van der Waals surface area contributed by atoms with E-state index in [4.69, 9.17) is 0 Å². The minimum absolute atomic E-state index is 0.101. The first-order chi connectivity index (χ1) is 7.57. The molecule has 0 heterocycles.